The Labute approximate surface area is 183 Å². The van der Waals surface area contributed by atoms with Gasteiger partial charge in [-0.05, 0) is 24.6 Å². The lowest BCUT2D eigenvalue weighted by molar-refractivity contribution is -0.117. The average molecular weight is 443 g/mol. The molecule has 0 radical (unpaired) electrons. The van der Waals surface area contributed by atoms with Gasteiger partial charge in [0, 0.05) is 24.8 Å². The van der Waals surface area contributed by atoms with Gasteiger partial charge in [0.05, 0.1) is 22.7 Å². The number of primary amides is 1. The molecule has 2 heterocycles. The van der Waals surface area contributed by atoms with Crippen molar-refractivity contribution in [1.29, 1.82) is 0 Å². The van der Waals surface area contributed by atoms with Crippen LogP contribution in [0.1, 0.15) is 23.2 Å². The fourth-order valence-corrected chi connectivity index (χ4v) is 3.65. The summed E-state index contributed by atoms with van der Waals surface area (Å²) in [5.74, 6) is -1.02. The van der Waals surface area contributed by atoms with Gasteiger partial charge in [-0.2, -0.15) is 4.98 Å². The summed E-state index contributed by atoms with van der Waals surface area (Å²) in [5.41, 5.74) is 6.21. The fraction of sp³-hybridized carbons (Fsp3) is 0.238. The summed E-state index contributed by atoms with van der Waals surface area (Å²) in [6.07, 6.45) is 9.76. The van der Waals surface area contributed by atoms with E-state index in [0.717, 1.165) is 6.42 Å². The van der Waals surface area contributed by atoms with E-state index < -0.39 is 11.7 Å². The van der Waals surface area contributed by atoms with E-state index in [2.05, 4.69) is 20.6 Å². The molecule has 1 aromatic heterocycles. The molecule has 2 unspecified atom stereocenters. The van der Waals surface area contributed by atoms with Gasteiger partial charge < -0.3 is 21.3 Å². The van der Waals surface area contributed by atoms with Crippen molar-refractivity contribution in [1.82, 2.24) is 9.97 Å². The first kappa shape index (κ1) is 20.8. The number of nitrogens with two attached hydrogens (primary N) is 1. The summed E-state index contributed by atoms with van der Waals surface area (Å²) in [7, 11) is 0. The molecule has 0 saturated carbocycles. The molecule has 2 atom stereocenters. The molecule has 1 aliphatic carbocycles. The lowest BCUT2D eigenvalue weighted by Gasteiger charge is -2.22. The summed E-state index contributed by atoms with van der Waals surface area (Å²) < 4.78 is 14.4. The molecule has 2 amide bonds. The zero-order valence-electron chi connectivity index (χ0n) is 16.4. The maximum absolute atomic E-state index is 14.4. The minimum absolute atomic E-state index is 0.00341. The van der Waals surface area contributed by atoms with Gasteiger partial charge in [0.15, 0.2) is 0 Å². The van der Waals surface area contributed by atoms with E-state index in [9.17, 15) is 14.0 Å². The van der Waals surface area contributed by atoms with Crippen molar-refractivity contribution in [3.05, 3.63) is 60.1 Å². The highest BCUT2D eigenvalue weighted by molar-refractivity contribution is 6.22. The SMILES string of the molecule is NC(=O)c1cnc(Nc2cc(N3CCCC3=O)ccc2F)nc1NC1C=CC=CC1Cl. The van der Waals surface area contributed by atoms with E-state index in [1.54, 1.807) is 17.0 Å². The monoisotopic (exact) mass is 442 g/mol. The second-order valence-corrected chi connectivity index (χ2v) is 7.65. The third-order valence-corrected chi connectivity index (χ3v) is 5.42. The Morgan fingerprint density at radius 2 is 2.10 bits per heavy atom. The van der Waals surface area contributed by atoms with Gasteiger partial charge in [-0.15, -0.1) is 11.6 Å². The molecule has 8 nitrogen and oxygen atoms in total. The van der Waals surface area contributed by atoms with Gasteiger partial charge in [0.1, 0.15) is 11.6 Å². The highest BCUT2D eigenvalue weighted by Crippen LogP contribution is 2.28. The van der Waals surface area contributed by atoms with Crippen LogP contribution >= 0.6 is 11.6 Å². The highest BCUT2D eigenvalue weighted by atomic mass is 35.5. The Kier molecular flexibility index (Phi) is 5.85. The number of amides is 2. The van der Waals surface area contributed by atoms with Crippen LogP contribution in [0.3, 0.4) is 0 Å². The Morgan fingerprint density at radius 1 is 1.29 bits per heavy atom. The van der Waals surface area contributed by atoms with Gasteiger partial charge in [-0.3, -0.25) is 9.59 Å². The van der Waals surface area contributed by atoms with Crippen molar-refractivity contribution in [3.8, 4) is 0 Å². The number of hydrogen-bond acceptors (Lipinski definition) is 6. The van der Waals surface area contributed by atoms with Crippen molar-refractivity contribution in [2.45, 2.75) is 24.3 Å². The number of benzene rings is 1. The predicted molar refractivity (Wildman–Crippen MR) is 117 cm³/mol. The first-order chi connectivity index (χ1) is 14.9. The third-order valence-electron chi connectivity index (χ3n) is 5.01. The number of nitrogens with one attached hydrogen (secondary N) is 2. The summed E-state index contributed by atoms with van der Waals surface area (Å²) >= 11 is 6.29. The van der Waals surface area contributed by atoms with E-state index in [0.29, 0.717) is 18.7 Å². The van der Waals surface area contributed by atoms with E-state index in [1.807, 2.05) is 18.2 Å². The number of carbonyl (C=O) groups is 2. The minimum atomic E-state index is -0.712. The second kappa shape index (κ2) is 8.73. The molecule has 160 valence electrons. The fourth-order valence-electron chi connectivity index (χ4n) is 3.42. The summed E-state index contributed by atoms with van der Waals surface area (Å²) in [6, 6.07) is 4.03. The van der Waals surface area contributed by atoms with Crippen LogP contribution in [0.25, 0.3) is 0 Å². The number of halogens is 2. The molecule has 10 heteroatoms. The number of anilines is 4. The van der Waals surface area contributed by atoms with E-state index >= 15 is 0 Å². The Balaban J connectivity index is 1.61. The van der Waals surface area contributed by atoms with Crippen LogP contribution in [-0.4, -0.2) is 39.7 Å². The average Bonchev–Trinajstić information content (AvgIpc) is 3.17. The number of nitrogens with zero attached hydrogens (tertiary/aromatic N) is 3. The van der Waals surface area contributed by atoms with Crippen LogP contribution in [-0.2, 0) is 4.79 Å². The predicted octanol–water partition coefficient (Wildman–Crippen LogP) is 3.10. The molecule has 0 bridgehead atoms. The normalized spacial score (nSPS) is 20.2. The molecule has 1 saturated heterocycles. The van der Waals surface area contributed by atoms with Crippen molar-refractivity contribution >= 4 is 46.6 Å². The van der Waals surface area contributed by atoms with Crippen molar-refractivity contribution < 1.29 is 14.0 Å². The van der Waals surface area contributed by atoms with Crippen molar-refractivity contribution in [2.75, 3.05) is 22.1 Å². The second-order valence-electron chi connectivity index (χ2n) is 7.14. The molecule has 4 N–H and O–H groups in total. The Hall–Kier alpha value is -3.46. The summed E-state index contributed by atoms with van der Waals surface area (Å²) in [5, 5.41) is 5.53. The zero-order chi connectivity index (χ0) is 22.0. The highest BCUT2D eigenvalue weighted by Gasteiger charge is 2.23. The van der Waals surface area contributed by atoms with Crippen LogP contribution in [0.4, 0.5) is 27.5 Å². The first-order valence-electron chi connectivity index (χ1n) is 9.72. The molecule has 1 fully saturated rings. The molecule has 31 heavy (non-hydrogen) atoms. The van der Waals surface area contributed by atoms with Crippen LogP contribution in [0, 0.1) is 5.82 Å². The Morgan fingerprint density at radius 3 is 2.81 bits per heavy atom. The molecule has 0 spiro atoms. The molecule has 1 aliphatic heterocycles. The van der Waals surface area contributed by atoms with Crippen molar-refractivity contribution in [2.24, 2.45) is 5.73 Å². The van der Waals surface area contributed by atoms with E-state index in [-0.39, 0.29) is 40.3 Å². The number of aromatic nitrogens is 2. The maximum Gasteiger partial charge on any atom is 0.254 e. The van der Waals surface area contributed by atoms with Crippen LogP contribution in [0.5, 0.6) is 0 Å². The topological polar surface area (TPSA) is 113 Å². The maximum atomic E-state index is 14.4. The van der Waals surface area contributed by atoms with Crippen LogP contribution in [0.15, 0.2) is 48.7 Å². The number of carbonyl (C=O) groups excluding carboxylic acids is 2. The third kappa shape index (κ3) is 4.51. The van der Waals surface area contributed by atoms with Crippen LogP contribution < -0.4 is 21.3 Å². The van der Waals surface area contributed by atoms with E-state index in [1.165, 1.54) is 18.3 Å². The summed E-state index contributed by atoms with van der Waals surface area (Å²) in [4.78, 5) is 33.8. The van der Waals surface area contributed by atoms with Crippen LogP contribution in [0.2, 0.25) is 0 Å². The molecule has 2 aromatic rings. The van der Waals surface area contributed by atoms with Gasteiger partial charge >= 0.3 is 0 Å². The number of rotatable bonds is 6. The van der Waals surface area contributed by atoms with Gasteiger partial charge in [0.25, 0.3) is 5.91 Å². The molecule has 1 aromatic carbocycles. The number of allylic oxidation sites excluding steroid dienone is 2. The largest absolute Gasteiger partial charge is 0.365 e. The lowest BCUT2D eigenvalue weighted by Crippen LogP contribution is -2.30. The first-order valence-corrected chi connectivity index (χ1v) is 10.2. The lowest BCUT2D eigenvalue weighted by atomic mass is 10.1. The van der Waals surface area contributed by atoms with Gasteiger partial charge in [-0.1, -0.05) is 24.3 Å². The molecule has 2 aliphatic rings. The summed E-state index contributed by atoms with van der Waals surface area (Å²) in [6.45, 7) is 0.588. The Bertz CT molecular complexity index is 1090. The van der Waals surface area contributed by atoms with Gasteiger partial charge in [0.2, 0.25) is 11.9 Å². The minimum Gasteiger partial charge on any atom is -0.365 e. The number of hydrogen-bond donors (Lipinski definition) is 3. The van der Waals surface area contributed by atoms with Crippen molar-refractivity contribution in [3.63, 3.8) is 0 Å². The van der Waals surface area contributed by atoms with E-state index in [4.69, 9.17) is 17.3 Å². The smallest absolute Gasteiger partial charge is 0.254 e. The standard InChI is InChI=1S/C21H20ClFN6O2/c22-14-4-1-2-5-16(14)26-20-13(19(24)31)11-25-21(28-20)27-17-10-12(7-8-15(17)23)29-9-3-6-18(29)30/h1-2,4-5,7-8,10-11,14,16H,3,6,9H2,(H2,24,31)(H2,25,26,27,28). The molecular formula is C21H20ClFN6O2. The zero-order valence-corrected chi connectivity index (χ0v) is 17.1. The van der Waals surface area contributed by atoms with Gasteiger partial charge in [-0.25, -0.2) is 9.37 Å². The quantitative estimate of drug-likeness (QED) is 0.592. The molecular weight excluding hydrogens is 423 g/mol. The number of alkyl halides is 1. The molecule has 4 rings (SSSR count).